The van der Waals surface area contributed by atoms with E-state index in [1.807, 2.05) is 19.9 Å². The maximum Gasteiger partial charge on any atom is 0.257 e. The minimum Gasteiger partial charge on any atom is -0.335 e. The Bertz CT molecular complexity index is 437. The Hall–Kier alpha value is -1.89. The second-order valence-electron chi connectivity index (χ2n) is 3.98. The van der Waals surface area contributed by atoms with Gasteiger partial charge in [0.1, 0.15) is 5.82 Å². The fraction of sp³-hybridized carbons (Fsp3) is 0.385. The molecule has 0 saturated carbocycles. The molecule has 0 saturated heterocycles. The summed E-state index contributed by atoms with van der Waals surface area (Å²) in [7, 11) is 0. The van der Waals surface area contributed by atoms with Gasteiger partial charge in [0.2, 0.25) is 0 Å². The summed E-state index contributed by atoms with van der Waals surface area (Å²) in [4.78, 5) is 13.6. The Morgan fingerprint density at radius 2 is 2.12 bits per heavy atom. The number of amides is 1. The van der Waals surface area contributed by atoms with E-state index in [9.17, 15) is 9.18 Å². The van der Waals surface area contributed by atoms with E-state index in [1.165, 1.54) is 17.0 Å². The summed E-state index contributed by atoms with van der Waals surface area (Å²) in [6, 6.07) is 7.81. The molecule has 0 heterocycles. The van der Waals surface area contributed by atoms with E-state index in [1.54, 1.807) is 12.1 Å². The van der Waals surface area contributed by atoms with Gasteiger partial charge in [0.25, 0.3) is 5.91 Å². The molecule has 0 N–H and O–H groups in total. The minimum atomic E-state index is -0.528. The molecule has 0 aliphatic rings. The van der Waals surface area contributed by atoms with Crippen LogP contribution in [0.4, 0.5) is 4.39 Å². The number of rotatable bonds is 4. The highest BCUT2D eigenvalue weighted by Gasteiger charge is 2.20. The van der Waals surface area contributed by atoms with Crippen LogP contribution < -0.4 is 0 Å². The highest BCUT2D eigenvalue weighted by molar-refractivity contribution is 5.94. The monoisotopic (exact) mass is 234 g/mol. The van der Waals surface area contributed by atoms with Gasteiger partial charge >= 0.3 is 0 Å². The van der Waals surface area contributed by atoms with E-state index < -0.39 is 5.82 Å². The lowest BCUT2D eigenvalue weighted by molar-refractivity contribution is 0.0705. The molecule has 0 aliphatic carbocycles. The van der Waals surface area contributed by atoms with E-state index in [4.69, 9.17) is 5.26 Å². The number of nitrogens with zero attached hydrogens (tertiary/aromatic N) is 2. The minimum absolute atomic E-state index is 0.0548. The molecule has 1 rings (SSSR count). The fourth-order valence-corrected chi connectivity index (χ4v) is 1.55. The standard InChI is InChI=1S/C13H15FN2O/c1-10(2)16(9-5-8-15)13(17)11-6-3-4-7-12(11)14/h3-4,6-7,10H,5,9H2,1-2H3. The summed E-state index contributed by atoms with van der Waals surface area (Å²) in [5.74, 6) is -0.895. The number of halogens is 1. The molecule has 0 aliphatic heterocycles. The summed E-state index contributed by atoms with van der Waals surface area (Å²) in [5.41, 5.74) is 0.0548. The Morgan fingerprint density at radius 3 is 2.65 bits per heavy atom. The zero-order valence-corrected chi connectivity index (χ0v) is 9.98. The second kappa shape index (κ2) is 6.00. The first-order valence-corrected chi connectivity index (χ1v) is 5.50. The maximum absolute atomic E-state index is 13.5. The molecule has 4 heteroatoms. The van der Waals surface area contributed by atoms with Crippen LogP contribution in [-0.2, 0) is 0 Å². The number of carbonyl (C=O) groups excluding carboxylic acids is 1. The van der Waals surface area contributed by atoms with Gasteiger partial charge in [-0.05, 0) is 26.0 Å². The van der Waals surface area contributed by atoms with E-state index in [0.29, 0.717) is 6.54 Å². The van der Waals surface area contributed by atoms with Crippen molar-refractivity contribution in [1.82, 2.24) is 4.90 Å². The Labute approximate surface area is 100 Å². The summed E-state index contributed by atoms with van der Waals surface area (Å²) in [6.07, 6.45) is 0.248. The molecule has 90 valence electrons. The van der Waals surface area contributed by atoms with E-state index in [2.05, 4.69) is 0 Å². The summed E-state index contributed by atoms with van der Waals surface area (Å²) < 4.78 is 13.5. The average Bonchev–Trinajstić information content (AvgIpc) is 2.29. The van der Waals surface area contributed by atoms with Crippen LogP contribution in [0, 0.1) is 17.1 Å². The molecule has 0 unspecified atom stereocenters. The smallest absolute Gasteiger partial charge is 0.257 e. The van der Waals surface area contributed by atoms with Crippen molar-refractivity contribution in [2.75, 3.05) is 6.54 Å². The van der Waals surface area contributed by atoms with Crippen LogP contribution in [0.5, 0.6) is 0 Å². The zero-order chi connectivity index (χ0) is 12.8. The molecule has 0 spiro atoms. The highest BCUT2D eigenvalue weighted by Crippen LogP contribution is 2.12. The number of benzene rings is 1. The molecular weight excluding hydrogens is 219 g/mol. The predicted octanol–water partition coefficient (Wildman–Crippen LogP) is 2.59. The van der Waals surface area contributed by atoms with Crippen molar-refractivity contribution >= 4 is 5.91 Å². The molecule has 1 aromatic carbocycles. The van der Waals surface area contributed by atoms with Crippen molar-refractivity contribution < 1.29 is 9.18 Å². The second-order valence-corrected chi connectivity index (χ2v) is 3.98. The fourth-order valence-electron chi connectivity index (χ4n) is 1.55. The molecule has 0 bridgehead atoms. The van der Waals surface area contributed by atoms with Gasteiger partial charge in [-0.1, -0.05) is 12.1 Å². The van der Waals surface area contributed by atoms with Crippen LogP contribution in [0.3, 0.4) is 0 Å². The topological polar surface area (TPSA) is 44.1 Å². The largest absolute Gasteiger partial charge is 0.335 e. The van der Waals surface area contributed by atoms with Crippen molar-refractivity contribution in [3.05, 3.63) is 35.6 Å². The third kappa shape index (κ3) is 3.28. The first kappa shape index (κ1) is 13.2. The molecule has 17 heavy (non-hydrogen) atoms. The third-order valence-electron chi connectivity index (χ3n) is 2.45. The van der Waals surface area contributed by atoms with E-state index in [-0.39, 0.29) is 23.9 Å². The SMILES string of the molecule is CC(C)N(CCC#N)C(=O)c1ccccc1F. The van der Waals surface area contributed by atoms with Crippen molar-refractivity contribution in [3.63, 3.8) is 0 Å². The van der Waals surface area contributed by atoms with Crippen LogP contribution in [0.2, 0.25) is 0 Å². The van der Waals surface area contributed by atoms with E-state index >= 15 is 0 Å². The predicted molar refractivity (Wildman–Crippen MR) is 62.8 cm³/mol. The van der Waals surface area contributed by atoms with Crippen LogP contribution in [0.15, 0.2) is 24.3 Å². The molecule has 1 aromatic rings. The highest BCUT2D eigenvalue weighted by atomic mass is 19.1. The van der Waals surface area contributed by atoms with Crippen molar-refractivity contribution in [2.45, 2.75) is 26.3 Å². The van der Waals surface area contributed by atoms with E-state index in [0.717, 1.165) is 0 Å². The van der Waals surface area contributed by atoms with Crippen molar-refractivity contribution in [3.8, 4) is 6.07 Å². The van der Waals surface area contributed by atoms with Gasteiger partial charge in [-0.15, -0.1) is 0 Å². The van der Waals surface area contributed by atoms with Gasteiger partial charge in [-0.2, -0.15) is 5.26 Å². The zero-order valence-electron chi connectivity index (χ0n) is 9.98. The molecule has 0 atom stereocenters. The van der Waals surface area contributed by atoms with Gasteiger partial charge in [-0.3, -0.25) is 4.79 Å². The summed E-state index contributed by atoms with van der Waals surface area (Å²) in [5, 5.41) is 8.54. The van der Waals surface area contributed by atoms with Crippen molar-refractivity contribution in [1.29, 1.82) is 5.26 Å². The summed E-state index contributed by atoms with van der Waals surface area (Å²) >= 11 is 0. The molecular formula is C13H15FN2O. The van der Waals surface area contributed by atoms with Gasteiger partial charge in [0.15, 0.2) is 0 Å². The lowest BCUT2D eigenvalue weighted by Gasteiger charge is -2.26. The van der Waals surface area contributed by atoms with Crippen LogP contribution >= 0.6 is 0 Å². The lowest BCUT2D eigenvalue weighted by atomic mass is 10.1. The third-order valence-corrected chi connectivity index (χ3v) is 2.45. The summed E-state index contributed by atoms with van der Waals surface area (Å²) in [6.45, 7) is 4.01. The lowest BCUT2D eigenvalue weighted by Crippen LogP contribution is -2.38. The molecule has 1 amide bonds. The van der Waals surface area contributed by atoms with Crippen molar-refractivity contribution in [2.24, 2.45) is 0 Å². The molecule has 0 aromatic heterocycles. The quantitative estimate of drug-likeness (QED) is 0.803. The van der Waals surface area contributed by atoms with Crippen LogP contribution in [0.25, 0.3) is 0 Å². The van der Waals surface area contributed by atoms with Crippen LogP contribution in [-0.4, -0.2) is 23.4 Å². The number of hydrogen-bond acceptors (Lipinski definition) is 2. The van der Waals surface area contributed by atoms with Gasteiger partial charge in [0.05, 0.1) is 18.1 Å². The number of nitriles is 1. The number of carbonyl (C=O) groups is 1. The first-order valence-electron chi connectivity index (χ1n) is 5.50. The Morgan fingerprint density at radius 1 is 1.47 bits per heavy atom. The maximum atomic E-state index is 13.5. The van der Waals surface area contributed by atoms with Gasteiger partial charge < -0.3 is 4.90 Å². The molecule has 0 radical (unpaired) electrons. The first-order chi connectivity index (χ1) is 8.07. The number of hydrogen-bond donors (Lipinski definition) is 0. The molecule has 0 fully saturated rings. The molecule has 3 nitrogen and oxygen atoms in total. The van der Waals surface area contributed by atoms with Crippen LogP contribution in [0.1, 0.15) is 30.6 Å². The van der Waals surface area contributed by atoms with Gasteiger partial charge in [-0.25, -0.2) is 4.39 Å². The Kier molecular flexibility index (Phi) is 4.65. The normalized spacial score (nSPS) is 10.1. The average molecular weight is 234 g/mol. The van der Waals surface area contributed by atoms with Gasteiger partial charge in [0, 0.05) is 12.6 Å². The Balaban J connectivity index is 2.93.